The van der Waals surface area contributed by atoms with Gasteiger partial charge in [-0.1, -0.05) is 36.4 Å². The van der Waals surface area contributed by atoms with Crippen LogP contribution in [0.4, 0.5) is 13.2 Å². The van der Waals surface area contributed by atoms with Gasteiger partial charge in [0, 0.05) is 17.1 Å². The van der Waals surface area contributed by atoms with Crippen molar-refractivity contribution < 1.29 is 22.7 Å². The quantitative estimate of drug-likeness (QED) is 0.505. The summed E-state index contributed by atoms with van der Waals surface area (Å²) < 4.78 is 43.9. The predicted molar refractivity (Wildman–Crippen MR) is 129 cm³/mol. The number of aromatic nitrogens is 1. The van der Waals surface area contributed by atoms with Gasteiger partial charge in [0.1, 0.15) is 23.6 Å². The maximum atomic E-state index is 12.8. The zero-order chi connectivity index (χ0) is 27.1. The number of rotatable bonds is 5. The highest BCUT2D eigenvalue weighted by molar-refractivity contribution is 6.04. The maximum Gasteiger partial charge on any atom is 0.433 e. The number of halogens is 3. The Labute approximate surface area is 207 Å². The van der Waals surface area contributed by atoms with Crippen molar-refractivity contribution in [3.05, 3.63) is 71.5 Å². The third-order valence-corrected chi connectivity index (χ3v) is 4.62. The molecule has 1 heterocycles. The lowest BCUT2D eigenvalue weighted by molar-refractivity contribution is -0.141. The van der Waals surface area contributed by atoms with Gasteiger partial charge in [0.2, 0.25) is 0 Å². The molecule has 0 bridgehead atoms. The summed E-state index contributed by atoms with van der Waals surface area (Å²) in [5.41, 5.74) is 3.08. The molecule has 0 spiro atoms. The molecule has 188 valence electrons. The number of nitrogens with one attached hydrogen (secondary N) is 1. The van der Waals surface area contributed by atoms with Crippen molar-refractivity contribution in [1.29, 1.82) is 10.5 Å². The molecule has 10 heteroatoms. The van der Waals surface area contributed by atoms with E-state index in [1.807, 2.05) is 24.3 Å². The average Bonchev–Trinajstić information content (AvgIpc) is 2.81. The van der Waals surface area contributed by atoms with Crippen LogP contribution in [-0.2, 0) is 12.8 Å². The molecule has 3 N–H and O–H groups in total. The van der Waals surface area contributed by atoms with Crippen molar-refractivity contribution in [2.75, 3.05) is 0 Å². The van der Waals surface area contributed by atoms with Crippen molar-refractivity contribution in [3.63, 3.8) is 0 Å². The smallest absolute Gasteiger partial charge is 0.433 e. The number of carbonyl (C=O) groups excluding carboxylic acids is 1. The Morgan fingerprint density at radius 3 is 2.19 bits per heavy atom. The molecular formula is C26H26F3N5O2. The number of benzene rings is 2. The molecule has 0 saturated heterocycles. The highest BCUT2D eigenvalue weighted by Gasteiger charge is 2.32. The molecule has 7 nitrogen and oxygen atoms in total. The Balaban J connectivity index is 0.000000678. The van der Waals surface area contributed by atoms with Crippen molar-refractivity contribution in [2.24, 2.45) is 5.73 Å². The van der Waals surface area contributed by atoms with Crippen molar-refractivity contribution in [2.45, 2.75) is 51.6 Å². The Morgan fingerprint density at radius 2 is 1.67 bits per heavy atom. The molecule has 3 aromatic rings. The molecule has 0 atom stereocenters. The van der Waals surface area contributed by atoms with E-state index in [0.717, 1.165) is 17.6 Å². The van der Waals surface area contributed by atoms with Crippen molar-refractivity contribution in [1.82, 2.24) is 10.3 Å². The van der Waals surface area contributed by atoms with Crippen LogP contribution in [0.3, 0.4) is 0 Å². The fourth-order valence-corrected chi connectivity index (χ4v) is 2.79. The van der Waals surface area contributed by atoms with E-state index in [0.29, 0.717) is 10.9 Å². The lowest BCUT2D eigenvalue weighted by atomic mass is 10.0. The monoisotopic (exact) mass is 497 g/mol. The van der Waals surface area contributed by atoms with Gasteiger partial charge in [-0.25, -0.2) is 0 Å². The topological polar surface area (TPSA) is 125 Å². The van der Waals surface area contributed by atoms with Crippen LogP contribution in [0.25, 0.3) is 10.8 Å². The normalized spacial score (nSPS) is 11.5. The molecule has 3 rings (SSSR count). The summed E-state index contributed by atoms with van der Waals surface area (Å²) in [7, 11) is 0. The molecule has 36 heavy (non-hydrogen) atoms. The summed E-state index contributed by atoms with van der Waals surface area (Å²) in [6, 6.07) is 16.6. The Morgan fingerprint density at radius 1 is 1.03 bits per heavy atom. The first kappa shape index (κ1) is 28.1. The Bertz CT molecular complexity index is 1300. The maximum absolute atomic E-state index is 12.8. The minimum Gasteiger partial charge on any atom is -0.487 e. The number of nitrogens with two attached hydrogens (primary N) is 1. The van der Waals surface area contributed by atoms with Crippen molar-refractivity contribution >= 4 is 16.7 Å². The van der Waals surface area contributed by atoms with Crippen LogP contribution in [-0.4, -0.2) is 22.0 Å². The van der Waals surface area contributed by atoms with E-state index in [1.54, 1.807) is 52.0 Å². The van der Waals surface area contributed by atoms with Crippen molar-refractivity contribution in [3.8, 4) is 17.9 Å². The van der Waals surface area contributed by atoms with Crippen LogP contribution in [0.15, 0.2) is 54.7 Å². The van der Waals surface area contributed by atoms with E-state index >= 15 is 0 Å². The van der Waals surface area contributed by atoms with Gasteiger partial charge in [-0.2, -0.15) is 23.7 Å². The van der Waals surface area contributed by atoms with E-state index in [9.17, 15) is 23.2 Å². The Kier molecular flexibility index (Phi) is 8.63. The first-order valence-electron chi connectivity index (χ1n) is 10.8. The summed E-state index contributed by atoms with van der Waals surface area (Å²) in [4.78, 5) is 16.2. The van der Waals surface area contributed by atoms with Gasteiger partial charge in [-0.15, -0.1) is 0 Å². The zero-order valence-electron chi connectivity index (χ0n) is 20.3. The molecule has 2 aromatic carbocycles. The van der Waals surface area contributed by atoms with Gasteiger partial charge in [-0.3, -0.25) is 9.78 Å². The molecule has 1 aromatic heterocycles. The number of hydrogen-bond donors (Lipinski definition) is 2. The highest BCUT2D eigenvalue weighted by atomic mass is 19.4. The van der Waals surface area contributed by atoms with Crippen LogP contribution in [0.1, 0.15) is 49.3 Å². The first-order valence-corrected chi connectivity index (χ1v) is 10.8. The summed E-state index contributed by atoms with van der Waals surface area (Å²) in [5, 5.41) is 21.3. The van der Waals surface area contributed by atoms with Crippen LogP contribution < -0.4 is 15.8 Å². The second-order valence-corrected chi connectivity index (χ2v) is 9.03. The molecule has 0 fully saturated rings. The number of fused-ring (bicyclic) bond motifs is 1. The third kappa shape index (κ3) is 7.97. The second kappa shape index (κ2) is 11.1. The summed E-state index contributed by atoms with van der Waals surface area (Å²) >= 11 is 0. The van der Waals surface area contributed by atoms with Crippen LogP contribution in [0, 0.1) is 22.7 Å². The first-order chi connectivity index (χ1) is 16.7. The van der Waals surface area contributed by atoms with E-state index in [1.165, 1.54) is 6.07 Å². The number of alkyl halides is 3. The van der Waals surface area contributed by atoms with Crippen LogP contribution in [0.2, 0.25) is 0 Å². The van der Waals surface area contributed by atoms with E-state index < -0.39 is 28.9 Å². The minimum absolute atomic E-state index is 0.0823. The van der Waals surface area contributed by atoms with E-state index in [2.05, 4.69) is 10.3 Å². The average molecular weight is 498 g/mol. The summed E-state index contributed by atoms with van der Waals surface area (Å²) in [6.07, 6.45) is -3.43. The van der Waals surface area contributed by atoms with Gasteiger partial charge >= 0.3 is 6.18 Å². The lowest BCUT2D eigenvalue weighted by Gasteiger charge is -2.20. The van der Waals surface area contributed by atoms with Crippen LogP contribution in [0.5, 0.6) is 5.75 Å². The van der Waals surface area contributed by atoms with Gasteiger partial charge < -0.3 is 15.8 Å². The lowest BCUT2D eigenvalue weighted by Crippen LogP contribution is -2.42. The fourth-order valence-electron chi connectivity index (χ4n) is 2.79. The fraction of sp³-hybridized carbons (Fsp3) is 0.308. The SMILES string of the molecule is CC(C)(C#N)NC(=O)c1ccc2ccccc2c1OCc1ccc(C(F)(F)F)nc1.CC(C)(N)C#N. The summed E-state index contributed by atoms with van der Waals surface area (Å²) in [5.74, 6) is -0.216. The minimum atomic E-state index is -4.52. The number of hydrogen-bond acceptors (Lipinski definition) is 6. The molecule has 0 saturated carbocycles. The molecule has 0 aliphatic heterocycles. The molecule has 0 unspecified atom stereocenters. The standard InChI is InChI=1S/C22H18F3N3O2.C4H8N2/c1-21(2,13-26)28-20(29)17-9-8-15-5-3-4-6-16(15)19(17)30-12-14-7-10-18(27-11-14)22(23,24)25;1-4(2,6)3-5/h3-11H,12H2,1-2H3,(H,28,29);6H2,1-2H3. The third-order valence-electron chi connectivity index (χ3n) is 4.62. The molecular weight excluding hydrogens is 471 g/mol. The van der Waals surface area contributed by atoms with Gasteiger partial charge in [0.15, 0.2) is 0 Å². The van der Waals surface area contributed by atoms with Gasteiger partial charge in [0.05, 0.1) is 23.2 Å². The predicted octanol–water partition coefficient (Wildman–Crippen LogP) is 5.11. The Hall–Kier alpha value is -4.15. The highest BCUT2D eigenvalue weighted by Crippen LogP contribution is 2.31. The van der Waals surface area contributed by atoms with E-state index in [-0.39, 0.29) is 17.9 Å². The number of carbonyl (C=O) groups is 1. The molecule has 0 aliphatic rings. The second-order valence-electron chi connectivity index (χ2n) is 9.03. The summed E-state index contributed by atoms with van der Waals surface area (Å²) in [6.45, 7) is 6.38. The molecule has 0 aliphatic carbocycles. The van der Waals surface area contributed by atoms with Gasteiger partial charge in [0.25, 0.3) is 5.91 Å². The number of nitriles is 2. The number of ether oxygens (including phenoxy) is 1. The largest absolute Gasteiger partial charge is 0.487 e. The number of amides is 1. The number of nitrogens with zero attached hydrogens (tertiary/aromatic N) is 3. The van der Waals surface area contributed by atoms with Crippen LogP contribution >= 0.6 is 0 Å². The van der Waals surface area contributed by atoms with Gasteiger partial charge in [-0.05, 0) is 45.2 Å². The molecule has 0 radical (unpaired) electrons. The van der Waals surface area contributed by atoms with E-state index in [4.69, 9.17) is 15.7 Å². The zero-order valence-corrected chi connectivity index (χ0v) is 20.3. The molecule has 1 amide bonds. The number of pyridine rings is 1.